The molecule has 2 heterocycles. The van der Waals surface area contributed by atoms with Crippen LogP contribution in [-0.4, -0.2) is 50.0 Å². The van der Waals surface area contributed by atoms with E-state index in [2.05, 4.69) is 38.0 Å². The van der Waals surface area contributed by atoms with Gasteiger partial charge in [-0.15, -0.1) is 5.10 Å². The molecule has 116 valence electrons. The van der Waals surface area contributed by atoms with Crippen molar-refractivity contribution in [3.8, 4) is 0 Å². The number of rotatable bonds is 4. The largest absolute Gasteiger partial charge is 0.476 e. The summed E-state index contributed by atoms with van der Waals surface area (Å²) in [5.74, 6) is -0.631. The minimum atomic E-state index is -1.09. The van der Waals surface area contributed by atoms with Gasteiger partial charge >= 0.3 is 5.97 Å². The number of hydrogen-bond acceptors (Lipinski definition) is 4. The molecule has 0 bridgehead atoms. The monoisotopic (exact) mass is 294 g/mol. The molecule has 1 fully saturated rings. The van der Waals surface area contributed by atoms with Crippen molar-refractivity contribution < 1.29 is 14.7 Å². The highest BCUT2D eigenvalue weighted by atomic mass is 16.4. The third-order valence-electron chi connectivity index (χ3n) is 4.28. The van der Waals surface area contributed by atoms with Gasteiger partial charge in [0.2, 0.25) is 5.91 Å². The number of carboxylic acid groups (broad SMARTS) is 1. The zero-order valence-corrected chi connectivity index (χ0v) is 12.9. The summed E-state index contributed by atoms with van der Waals surface area (Å²) in [4.78, 5) is 24.7. The van der Waals surface area contributed by atoms with Crippen molar-refractivity contribution >= 4 is 11.9 Å². The lowest BCUT2D eigenvalue weighted by Gasteiger charge is -2.40. The predicted molar refractivity (Wildman–Crippen MR) is 75.8 cm³/mol. The van der Waals surface area contributed by atoms with Gasteiger partial charge in [-0.05, 0) is 11.3 Å². The first-order valence-electron chi connectivity index (χ1n) is 7.11. The van der Waals surface area contributed by atoms with Crippen molar-refractivity contribution in [2.75, 3.05) is 13.1 Å². The van der Waals surface area contributed by atoms with Crippen LogP contribution in [0.3, 0.4) is 0 Å². The minimum absolute atomic E-state index is 0.0273. The molecule has 2 rings (SSSR count). The van der Waals surface area contributed by atoms with Crippen LogP contribution in [0.25, 0.3) is 0 Å². The Bertz CT molecular complexity index is 541. The summed E-state index contributed by atoms with van der Waals surface area (Å²) in [5, 5.41) is 16.2. The maximum atomic E-state index is 12.2. The fourth-order valence-corrected chi connectivity index (χ4v) is 2.08. The van der Waals surface area contributed by atoms with E-state index in [9.17, 15) is 9.59 Å². The molecule has 0 aliphatic carbocycles. The van der Waals surface area contributed by atoms with Crippen LogP contribution in [0, 0.1) is 11.3 Å². The van der Waals surface area contributed by atoms with E-state index in [1.54, 1.807) is 4.90 Å². The first-order valence-corrected chi connectivity index (χ1v) is 7.11. The van der Waals surface area contributed by atoms with Crippen molar-refractivity contribution in [1.29, 1.82) is 0 Å². The molecule has 1 unspecified atom stereocenters. The predicted octanol–water partition coefficient (Wildman–Crippen LogP) is 1.43. The Kier molecular flexibility index (Phi) is 4.02. The molecule has 1 aliphatic rings. The molecule has 1 saturated heterocycles. The lowest BCUT2D eigenvalue weighted by atomic mass is 9.80. The number of amides is 1. The number of carbonyl (C=O) groups excluding carboxylic acids is 1. The fourth-order valence-electron chi connectivity index (χ4n) is 2.08. The maximum Gasteiger partial charge on any atom is 0.358 e. The third-order valence-corrected chi connectivity index (χ3v) is 4.28. The molecule has 1 atom stereocenters. The minimum Gasteiger partial charge on any atom is -0.476 e. The van der Waals surface area contributed by atoms with E-state index in [1.807, 2.05) is 0 Å². The number of carbonyl (C=O) groups is 2. The van der Waals surface area contributed by atoms with E-state index in [-0.39, 0.29) is 23.1 Å². The summed E-state index contributed by atoms with van der Waals surface area (Å²) in [6, 6.07) is 0.0273. The van der Waals surface area contributed by atoms with Gasteiger partial charge in [0.25, 0.3) is 0 Å². The van der Waals surface area contributed by atoms with Crippen molar-refractivity contribution in [1.82, 2.24) is 19.9 Å². The Morgan fingerprint density at radius 3 is 2.52 bits per heavy atom. The van der Waals surface area contributed by atoms with Crippen LogP contribution < -0.4 is 0 Å². The van der Waals surface area contributed by atoms with Crippen LogP contribution in [0.4, 0.5) is 0 Å². The second-order valence-corrected chi connectivity index (χ2v) is 6.81. The first kappa shape index (κ1) is 15.5. The van der Waals surface area contributed by atoms with E-state index in [4.69, 9.17) is 5.11 Å². The van der Waals surface area contributed by atoms with Crippen LogP contribution in [0.5, 0.6) is 0 Å². The van der Waals surface area contributed by atoms with E-state index in [1.165, 1.54) is 10.9 Å². The average Bonchev–Trinajstić information content (AvgIpc) is 2.74. The van der Waals surface area contributed by atoms with Crippen LogP contribution in [-0.2, 0) is 4.79 Å². The van der Waals surface area contributed by atoms with Crippen molar-refractivity contribution in [3.63, 3.8) is 0 Å². The van der Waals surface area contributed by atoms with Crippen LogP contribution >= 0.6 is 0 Å². The number of nitrogens with zero attached hydrogens (tertiary/aromatic N) is 4. The van der Waals surface area contributed by atoms with Gasteiger partial charge in [-0.2, -0.15) is 0 Å². The third kappa shape index (κ3) is 3.40. The Labute approximate surface area is 123 Å². The molecule has 1 N–H and O–H groups in total. The van der Waals surface area contributed by atoms with Crippen molar-refractivity contribution in [2.45, 2.75) is 40.2 Å². The molecule has 1 amide bonds. The lowest BCUT2D eigenvalue weighted by Crippen LogP contribution is -2.51. The molecule has 1 aliphatic heterocycles. The summed E-state index contributed by atoms with van der Waals surface area (Å²) in [7, 11) is 0. The van der Waals surface area contributed by atoms with Gasteiger partial charge in [0.15, 0.2) is 5.69 Å². The summed E-state index contributed by atoms with van der Waals surface area (Å²) in [5.41, 5.74) is 0.0449. The van der Waals surface area contributed by atoms with Crippen LogP contribution in [0.15, 0.2) is 6.20 Å². The molecule has 7 heteroatoms. The summed E-state index contributed by atoms with van der Waals surface area (Å²) >= 11 is 0. The molecule has 7 nitrogen and oxygen atoms in total. The smallest absolute Gasteiger partial charge is 0.358 e. The first-order chi connectivity index (χ1) is 9.68. The summed E-state index contributed by atoms with van der Waals surface area (Å²) in [6.45, 7) is 9.62. The van der Waals surface area contributed by atoms with Crippen molar-refractivity contribution in [2.24, 2.45) is 11.3 Å². The molecular formula is C14H22N4O3. The highest BCUT2D eigenvalue weighted by molar-refractivity contribution is 5.84. The molecule has 1 aromatic heterocycles. The standard InChI is InChI=1S/C14H22N4O3/c1-9(14(2,3)4)5-12(19)17-6-10(7-17)18-8-11(13(20)21)15-16-18/h8-10H,5-7H2,1-4H3,(H,20,21). The Hall–Kier alpha value is -1.92. The number of aromatic nitrogens is 3. The zero-order chi connectivity index (χ0) is 15.8. The number of likely N-dealkylation sites (tertiary alicyclic amines) is 1. The highest BCUT2D eigenvalue weighted by Gasteiger charge is 2.34. The topological polar surface area (TPSA) is 88.3 Å². The number of carboxylic acids is 1. The molecule has 0 radical (unpaired) electrons. The zero-order valence-electron chi connectivity index (χ0n) is 12.9. The van der Waals surface area contributed by atoms with Gasteiger partial charge in [-0.3, -0.25) is 4.79 Å². The van der Waals surface area contributed by atoms with Gasteiger partial charge in [-0.1, -0.05) is 32.9 Å². The number of aromatic carboxylic acids is 1. The van der Waals surface area contributed by atoms with Gasteiger partial charge in [0.05, 0.1) is 12.2 Å². The second-order valence-electron chi connectivity index (χ2n) is 6.81. The fraction of sp³-hybridized carbons (Fsp3) is 0.714. The van der Waals surface area contributed by atoms with E-state index < -0.39 is 5.97 Å². The maximum absolute atomic E-state index is 12.2. The Morgan fingerprint density at radius 2 is 2.05 bits per heavy atom. The lowest BCUT2D eigenvalue weighted by molar-refractivity contribution is -0.139. The molecule has 21 heavy (non-hydrogen) atoms. The molecule has 0 saturated carbocycles. The molecule has 0 aromatic carbocycles. The highest BCUT2D eigenvalue weighted by Crippen LogP contribution is 2.30. The summed E-state index contributed by atoms with van der Waals surface area (Å²) in [6.07, 6.45) is 1.94. The van der Waals surface area contributed by atoms with Crippen LogP contribution in [0.2, 0.25) is 0 Å². The van der Waals surface area contributed by atoms with E-state index >= 15 is 0 Å². The average molecular weight is 294 g/mol. The van der Waals surface area contributed by atoms with E-state index in [0.29, 0.717) is 25.4 Å². The second kappa shape index (κ2) is 5.46. The number of hydrogen-bond donors (Lipinski definition) is 1. The molecular weight excluding hydrogens is 272 g/mol. The van der Waals surface area contributed by atoms with Gasteiger partial charge in [0, 0.05) is 19.5 Å². The Morgan fingerprint density at radius 1 is 1.43 bits per heavy atom. The molecule has 1 aromatic rings. The Balaban J connectivity index is 1.85. The normalized spacial score (nSPS) is 17.4. The SMILES string of the molecule is CC(CC(=O)N1CC(n2cc(C(=O)O)nn2)C1)C(C)(C)C. The van der Waals surface area contributed by atoms with E-state index in [0.717, 1.165) is 0 Å². The van der Waals surface area contributed by atoms with Gasteiger partial charge in [-0.25, -0.2) is 9.48 Å². The molecule has 0 spiro atoms. The summed E-state index contributed by atoms with van der Waals surface area (Å²) < 4.78 is 1.53. The van der Waals surface area contributed by atoms with Gasteiger partial charge in [0.1, 0.15) is 0 Å². The van der Waals surface area contributed by atoms with Crippen molar-refractivity contribution in [3.05, 3.63) is 11.9 Å². The van der Waals surface area contributed by atoms with Gasteiger partial charge < -0.3 is 10.0 Å². The quantitative estimate of drug-likeness (QED) is 0.907. The van der Waals surface area contributed by atoms with Crippen LogP contribution in [0.1, 0.15) is 50.6 Å².